The van der Waals surface area contributed by atoms with Crippen LogP contribution in [0, 0.1) is 10.1 Å². The molecule has 138 valence electrons. The summed E-state index contributed by atoms with van der Waals surface area (Å²) in [5, 5.41) is 11.7. The van der Waals surface area contributed by atoms with Crippen LogP contribution in [0.2, 0.25) is 0 Å². The Morgan fingerprint density at radius 2 is 1.67 bits per heavy atom. The molecule has 0 unspecified atom stereocenters. The van der Waals surface area contributed by atoms with E-state index in [9.17, 15) is 19.7 Å². The van der Waals surface area contributed by atoms with Gasteiger partial charge in [0.2, 0.25) is 0 Å². The summed E-state index contributed by atoms with van der Waals surface area (Å²) in [6, 6.07) is 12.2. The summed E-state index contributed by atoms with van der Waals surface area (Å²) < 4.78 is 6.03. The van der Waals surface area contributed by atoms with Crippen molar-refractivity contribution in [3.63, 3.8) is 0 Å². The number of benzene rings is 1. The molecule has 2 aromatic heterocycles. The molecule has 0 spiro atoms. The molecule has 0 aliphatic carbocycles. The zero-order chi connectivity index (χ0) is 19.0. The lowest BCUT2D eigenvalue weighted by atomic mass is 10.2. The predicted octanol–water partition coefficient (Wildman–Crippen LogP) is 3.00. The second-order valence-corrected chi connectivity index (χ2v) is 7.21. The van der Waals surface area contributed by atoms with Crippen LogP contribution in [0.5, 0.6) is 0 Å². The van der Waals surface area contributed by atoms with E-state index < -0.39 is 16.7 Å². The molecule has 0 atom stereocenters. The van der Waals surface area contributed by atoms with E-state index in [1.165, 1.54) is 22.3 Å². The molecule has 8 nitrogen and oxygen atoms in total. The van der Waals surface area contributed by atoms with Gasteiger partial charge in [0.1, 0.15) is 4.92 Å². The van der Waals surface area contributed by atoms with Gasteiger partial charge >= 0.3 is 5.88 Å². The Hall–Kier alpha value is -3.20. The number of hydrogen-bond donors (Lipinski definition) is 0. The van der Waals surface area contributed by atoms with Crippen molar-refractivity contribution >= 4 is 39.1 Å². The molecule has 3 heterocycles. The van der Waals surface area contributed by atoms with E-state index in [2.05, 4.69) is 0 Å². The molecule has 4 rings (SSSR count). The Morgan fingerprint density at radius 3 is 2.30 bits per heavy atom. The number of hydrogen-bond acceptors (Lipinski definition) is 6. The summed E-state index contributed by atoms with van der Waals surface area (Å²) >= 11 is 1.46. The van der Waals surface area contributed by atoms with Gasteiger partial charge in [-0.15, -0.1) is 11.3 Å². The minimum atomic E-state index is -0.682. The maximum absolute atomic E-state index is 12.7. The number of amides is 2. The standard InChI is InChI=1S/C18H15N3O5S/c22-17(13-5-6-16(26-13)21(24)25)19-7-9-20(10-8-19)18(23)15-11-12-3-1-2-4-14(12)27-15/h1-6,11H,7-10H2. The van der Waals surface area contributed by atoms with Crippen LogP contribution in [0.15, 0.2) is 46.9 Å². The van der Waals surface area contributed by atoms with Crippen molar-refractivity contribution in [1.29, 1.82) is 0 Å². The summed E-state index contributed by atoms with van der Waals surface area (Å²) in [5.74, 6) is -0.975. The van der Waals surface area contributed by atoms with Gasteiger partial charge in [0.15, 0.2) is 5.76 Å². The first-order valence-corrected chi connectivity index (χ1v) is 9.16. The van der Waals surface area contributed by atoms with Crippen LogP contribution in [0.3, 0.4) is 0 Å². The average Bonchev–Trinajstić information content (AvgIpc) is 3.34. The normalized spacial score (nSPS) is 14.5. The van der Waals surface area contributed by atoms with Crippen LogP contribution in [0.25, 0.3) is 10.1 Å². The molecule has 0 bridgehead atoms. The molecule has 9 heteroatoms. The topological polar surface area (TPSA) is 96.9 Å². The Labute approximate surface area is 157 Å². The van der Waals surface area contributed by atoms with Crippen molar-refractivity contribution in [2.24, 2.45) is 0 Å². The molecular weight excluding hydrogens is 370 g/mol. The van der Waals surface area contributed by atoms with Gasteiger partial charge in [0.25, 0.3) is 11.8 Å². The minimum Gasteiger partial charge on any atom is -0.395 e. The summed E-state index contributed by atoms with van der Waals surface area (Å²) in [6.45, 7) is 1.51. The molecule has 1 fully saturated rings. The van der Waals surface area contributed by atoms with Gasteiger partial charge in [-0.25, -0.2) is 0 Å². The highest BCUT2D eigenvalue weighted by molar-refractivity contribution is 7.20. The molecule has 2 amide bonds. The lowest BCUT2D eigenvalue weighted by Gasteiger charge is -2.34. The van der Waals surface area contributed by atoms with Gasteiger partial charge in [-0.3, -0.25) is 19.7 Å². The zero-order valence-corrected chi connectivity index (χ0v) is 15.0. The van der Waals surface area contributed by atoms with Gasteiger partial charge < -0.3 is 14.2 Å². The zero-order valence-electron chi connectivity index (χ0n) is 14.2. The largest absolute Gasteiger partial charge is 0.433 e. The number of nitrogens with zero attached hydrogens (tertiary/aromatic N) is 3. The van der Waals surface area contributed by atoms with Crippen LogP contribution in [0.4, 0.5) is 5.88 Å². The lowest BCUT2D eigenvalue weighted by Crippen LogP contribution is -2.50. The van der Waals surface area contributed by atoms with E-state index in [1.807, 2.05) is 30.3 Å². The molecule has 1 aliphatic heterocycles. The maximum atomic E-state index is 12.7. The number of nitro groups is 1. The van der Waals surface area contributed by atoms with E-state index in [0.717, 1.165) is 16.2 Å². The highest BCUT2D eigenvalue weighted by atomic mass is 32.1. The Morgan fingerprint density at radius 1 is 1.00 bits per heavy atom. The SMILES string of the molecule is O=C(c1ccc([N+](=O)[O-])o1)N1CCN(C(=O)c2cc3ccccc3s2)CC1. The van der Waals surface area contributed by atoms with Crippen molar-refractivity contribution in [3.8, 4) is 0 Å². The van der Waals surface area contributed by atoms with E-state index in [-0.39, 0.29) is 11.7 Å². The van der Waals surface area contributed by atoms with Crippen molar-refractivity contribution < 1.29 is 18.9 Å². The van der Waals surface area contributed by atoms with Crippen LogP contribution >= 0.6 is 11.3 Å². The number of furan rings is 1. The van der Waals surface area contributed by atoms with Crippen LogP contribution in [-0.4, -0.2) is 52.7 Å². The maximum Gasteiger partial charge on any atom is 0.433 e. The Kier molecular flexibility index (Phi) is 4.36. The first kappa shape index (κ1) is 17.2. The number of piperazine rings is 1. The number of fused-ring (bicyclic) bond motifs is 1. The van der Waals surface area contributed by atoms with Gasteiger partial charge in [-0.2, -0.15) is 0 Å². The third kappa shape index (κ3) is 3.28. The third-order valence-corrected chi connectivity index (χ3v) is 5.58. The van der Waals surface area contributed by atoms with Crippen LogP contribution in [-0.2, 0) is 0 Å². The molecule has 1 aliphatic rings. The average molecular weight is 385 g/mol. The first-order valence-electron chi connectivity index (χ1n) is 8.34. The van der Waals surface area contributed by atoms with Crippen LogP contribution < -0.4 is 0 Å². The molecule has 1 saturated heterocycles. The van der Waals surface area contributed by atoms with Gasteiger partial charge in [0, 0.05) is 30.9 Å². The Bertz CT molecular complexity index is 999. The monoisotopic (exact) mass is 385 g/mol. The van der Waals surface area contributed by atoms with Gasteiger partial charge in [0.05, 0.1) is 10.9 Å². The third-order valence-electron chi connectivity index (χ3n) is 4.47. The van der Waals surface area contributed by atoms with Crippen molar-refractivity contribution in [2.75, 3.05) is 26.2 Å². The van der Waals surface area contributed by atoms with E-state index >= 15 is 0 Å². The van der Waals surface area contributed by atoms with Gasteiger partial charge in [-0.05, 0) is 23.6 Å². The fraction of sp³-hybridized carbons (Fsp3) is 0.222. The summed E-state index contributed by atoms with van der Waals surface area (Å²) in [4.78, 5) is 39.1. The number of thiophene rings is 1. The highest BCUT2D eigenvalue weighted by Crippen LogP contribution is 2.27. The highest BCUT2D eigenvalue weighted by Gasteiger charge is 2.28. The van der Waals surface area contributed by atoms with E-state index in [0.29, 0.717) is 31.1 Å². The smallest absolute Gasteiger partial charge is 0.395 e. The second-order valence-electron chi connectivity index (χ2n) is 6.13. The van der Waals surface area contributed by atoms with Crippen molar-refractivity contribution in [2.45, 2.75) is 0 Å². The fourth-order valence-electron chi connectivity index (χ4n) is 3.05. The quantitative estimate of drug-likeness (QED) is 0.510. The van der Waals surface area contributed by atoms with Crippen molar-refractivity contribution in [3.05, 3.63) is 63.2 Å². The Balaban J connectivity index is 1.41. The molecule has 3 aromatic rings. The number of rotatable bonds is 3. The second kappa shape index (κ2) is 6.84. The summed E-state index contributed by atoms with van der Waals surface area (Å²) in [5.41, 5.74) is 0. The molecule has 0 N–H and O–H groups in total. The molecule has 1 aromatic carbocycles. The first-order chi connectivity index (χ1) is 13.0. The summed E-state index contributed by atoms with van der Waals surface area (Å²) in [7, 11) is 0. The minimum absolute atomic E-state index is 0.0445. The molecular formula is C18H15N3O5S. The summed E-state index contributed by atoms with van der Waals surface area (Å²) in [6.07, 6.45) is 0. The van der Waals surface area contributed by atoms with E-state index in [4.69, 9.17) is 4.42 Å². The molecule has 0 radical (unpaired) electrons. The molecule has 27 heavy (non-hydrogen) atoms. The fourth-order valence-corrected chi connectivity index (χ4v) is 4.08. The lowest BCUT2D eigenvalue weighted by molar-refractivity contribution is -0.402. The molecule has 0 saturated carbocycles. The van der Waals surface area contributed by atoms with Crippen molar-refractivity contribution in [1.82, 2.24) is 9.80 Å². The number of carbonyl (C=O) groups is 2. The predicted molar refractivity (Wildman–Crippen MR) is 99.0 cm³/mol. The van der Waals surface area contributed by atoms with Crippen LogP contribution in [0.1, 0.15) is 20.2 Å². The number of carbonyl (C=O) groups excluding carboxylic acids is 2. The van der Waals surface area contributed by atoms with E-state index in [1.54, 1.807) is 4.90 Å². The van der Waals surface area contributed by atoms with Gasteiger partial charge in [-0.1, -0.05) is 18.2 Å².